The van der Waals surface area contributed by atoms with Gasteiger partial charge in [0.15, 0.2) is 0 Å². The monoisotopic (exact) mass is 345 g/mol. The van der Waals surface area contributed by atoms with E-state index in [4.69, 9.17) is 14.9 Å². The minimum Gasteiger partial charge on any atom is -0.430 e. The molecule has 0 heterocycles. The van der Waals surface area contributed by atoms with Crippen LogP contribution in [0.15, 0.2) is 30.3 Å². The van der Waals surface area contributed by atoms with Crippen molar-refractivity contribution in [3.05, 3.63) is 35.9 Å². The number of hydrogen-bond acceptors (Lipinski definition) is 6. The Bertz CT molecular complexity index is 571. The van der Waals surface area contributed by atoms with Crippen LogP contribution in [0.25, 0.3) is 0 Å². The summed E-state index contributed by atoms with van der Waals surface area (Å²) >= 11 is 0. The largest absolute Gasteiger partial charge is 0.432 e. The second-order valence-electron chi connectivity index (χ2n) is 5.72. The van der Waals surface area contributed by atoms with Crippen molar-refractivity contribution in [1.29, 1.82) is 0 Å². The lowest BCUT2D eigenvalue weighted by atomic mass is 10.1. The first-order valence-electron chi connectivity index (χ1n) is 6.97. The molecule has 0 saturated heterocycles. The Balaban J connectivity index is 0.00000149. The lowest BCUT2D eigenvalue weighted by Crippen LogP contribution is -2.41. The first kappa shape index (κ1) is 21.6. The van der Waals surface area contributed by atoms with Crippen LogP contribution in [0.2, 0.25) is 0 Å². The highest BCUT2D eigenvalue weighted by molar-refractivity contribution is 8.05. The van der Waals surface area contributed by atoms with Crippen LogP contribution in [0.3, 0.4) is 0 Å². The molecule has 2 N–H and O–H groups in total. The molecule has 130 valence electrons. The van der Waals surface area contributed by atoms with Crippen molar-refractivity contribution in [2.75, 3.05) is 12.8 Å². The zero-order valence-corrected chi connectivity index (χ0v) is 14.7. The Morgan fingerprint density at radius 2 is 1.70 bits per heavy atom. The molecule has 1 amide bonds. The van der Waals surface area contributed by atoms with E-state index in [0.717, 1.165) is 16.9 Å². The topological polar surface area (TPSA) is 104 Å². The van der Waals surface area contributed by atoms with Crippen LogP contribution in [-0.2, 0) is 21.1 Å². The van der Waals surface area contributed by atoms with Gasteiger partial charge in [0.2, 0.25) is 9.84 Å². The van der Waals surface area contributed by atoms with Gasteiger partial charge in [0, 0.05) is 6.26 Å². The molecule has 1 aromatic rings. The summed E-state index contributed by atoms with van der Waals surface area (Å²) in [5.74, 6) is 0. The predicted octanol–water partition coefficient (Wildman–Crippen LogP) is 0.663. The Kier molecular flexibility index (Phi) is 9.07. The fourth-order valence-corrected chi connectivity index (χ4v) is 2.06. The van der Waals surface area contributed by atoms with Crippen molar-refractivity contribution in [1.82, 2.24) is 5.06 Å². The fraction of sp³-hybridized carbons (Fsp3) is 0.500. The lowest BCUT2D eigenvalue weighted by Gasteiger charge is -2.29. The standard InChI is InChI=1S/C14H21NO4S.BH3O2/c1-14(2,3)19-15(13(16)20(4,17)18)11-10-12-8-6-5-7-9-12;2-1-3/h5-9H,10-11H2,1-4H3;1-3H. The molecule has 0 unspecified atom stereocenters. The summed E-state index contributed by atoms with van der Waals surface area (Å²) in [4.78, 5) is 17.3. The van der Waals surface area contributed by atoms with Crippen molar-refractivity contribution in [3.63, 3.8) is 0 Å². The fourth-order valence-electron chi connectivity index (χ4n) is 1.57. The number of hydrogen-bond donors (Lipinski definition) is 2. The van der Waals surface area contributed by atoms with E-state index >= 15 is 0 Å². The Morgan fingerprint density at radius 3 is 2.09 bits per heavy atom. The molecule has 0 aromatic heterocycles. The summed E-state index contributed by atoms with van der Waals surface area (Å²) in [5.41, 5.74) is 0.369. The molecule has 0 aliphatic heterocycles. The van der Waals surface area contributed by atoms with Gasteiger partial charge in [-0.2, -0.15) is 0 Å². The molecule has 0 fully saturated rings. The third kappa shape index (κ3) is 10.1. The summed E-state index contributed by atoms with van der Waals surface area (Å²) in [5, 5.41) is 14.2. The summed E-state index contributed by atoms with van der Waals surface area (Å²) in [6.45, 7) is 5.47. The van der Waals surface area contributed by atoms with E-state index in [2.05, 4.69) is 0 Å². The first-order valence-corrected chi connectivity index (χ1v) is 8.86. The zero-order chi connectivity index (χ0) is 18.1. The van der Waals surface area contributed by atoms with Crippen LogP contribution in [0.1, 0.15) is 26.3 Å². The van der Waals surface area contributed by atoms with E-state index in [1.807, 2.05) is 30.3 Å². The molecule has 1 aromatic carbocycles. The van der Waals surface area contributed by atoms with Crippen LogP contribution < -0.4 is 0 Å². The molecule has 0 aliphatic rings. The van der Waals surface area contributed by atoms with Crippen LogP contribution in [-0.4, -0.2) is 54.9 Å². The number of amides is 1. The maximum Gasteiger partial charge on any atom is 0.432 e. The van der Waals surface area contributed by atoms with Crippen LogP contribution in [0.4, 0.5) is 4.79 Å². The van der Waals surface area contributed by atoms with Gasteiger partial charge in [-0.15, -0.1) is 0 Å². The Hall–Kier alpha value is -1.42. The highest BCUT2D eigenvalue weighted by Crippen LogP contribution is 2.14. The van der Waals surface area contributed by atoms with E-state index in [1.165, 1.54) is 0 Å². The summed E-state index contributed by atoms with van der Waals surface area (Å²) in [6.07, 6.45) is 1.41. The van der Waals surface area contributed by atoms with Crippen LogP contribution >= 0.6 is 0 Å². The number of benzene rings is 1. The average molecular weight is 345 g/mol. The first-order chi connectivity index (χ1) is 10.5. The van der Waals surface area contributed by atoms with Gasteiger partial charge in [0.25, 0.3) is 0 Å². The molecule has 7 nitrogen and oxygen atoms in total. The smallest absolute Gasteiger partial charge is 0.430 e. The highest BCUT2D eigenvalue weighted by Gasteiger charge is 2.28. The quantitative estimate of drug-likeness (QED) is 0.614. The van der Waals surface area contributed by atoms with Crippen molar-refractivity contribution < 1.29 is 28.1 Å². The molecule has 23 heavy (non-hydrogen) atoms. The maximum atomic E-state index is 11.9. The predicted molar refractivity (Wildman–Crippen MR) is 89.5 cm³/mol. The number of rotatable bonds is 4. The second-order valence-corrected chi connectivity index (χ2v) is 7.61. The summed E-state index contributed by atoms with van der Waals surface area (Å²) in [7, 11) is -4.57. The van der Waals surface area contributed by atoms with Gasteiger partial charge in [-0.1, -0.05) is 30.3 Å². The van der Waals surface area contributed by atoms with E-state index in [0.29, 0.717) is 6.42 Å². The minimum absolute atomic E-state index is 0.188. The van der Waals surface area contributed by atoms with Gasteiger partial charge >= 0.3 is 12.9 Å². The molecule has 0 radical (unpaired) electrons. The third-order valence-corrected chi connectivity index (χ3v) is 3.19. The normalized spacial score (nSPS) is 11.2. The Morgan fingerprint density at radius 1 is 1.22 bits per heavy atom. The van der Waals surface area contributed by atoms with Gasteiger partial charge in [0.05, 0.1) is 12.1 Å². The molecular formula is C14H24BNO6S. The van der Waals surface area contributed by atoms with Gasteiger partial charge in [-0.05, 0) is 32.8 Å². The number of carbonyl (C=O) groups excluding carboxylic acids is 1. The van der Waals surface area contributed by atoms with Crippen molar-refractivity contribution in [2.45, 2.75) is 32.8 Å². The summed E-state index contributed by atoms with van der Waals surface area (Å²) in [6, 6.07) is 9.51. The van der Waals surface area contributed by atoms with Crippen molar-refractivity contribution in [2.24, 2.45) is 0 Å². The van der Waals surface area contributed by atoms with E-state index < -0.39 is 28.4 Å². The molecule has 0 saturated carbocycles. The number of carbonyl (C=O) groups is 1. The molecule has 0 spiro atoms. The molecular weight excluding hydrogens is 321 g/mol. The summed E-state index contributed by atoms with van der Waals surface area (Å²) < 4.78 is 22.8. The van der Waals surface area contributed by atoms with E-state index in [1.54, 1.807) is 20.8 Å². The number of sulfone groups is 1. The molecule has 9 heteroatoms. The van der Waals surface area contributed by atoms with Crippen molar-refractivity contribution in [3.8, 4) is 0 Å². The van der Waals surface area contributed by atoms with Gasteiger partial charge in [-0.25, -0.2) is 13.5 Å². The number of nitrogens with zero attached hydrogens (tertiary/aromatic N) is 1. The Labute approximate surface area is 138 Å². The molecule has 0 aliphatic carbocycles. The molecule has 0 atom stereocenters. The highest BCUT2D eigenvalue weighted by atomic mass is 32.2. The number of hydroxylamine groups is 2. The van der Waals surface area contributed by atoms with Gasteiger partial charge < -0.3 is 10.0 Å². The SMILES string of the molecule is CC(C)(C)ON(CCc1ccccc1)C(=O)S(C)(=O)=O.OBO. The average Bonchev–Trinajstić information content (AvgIpc) is 2.42. The maximum absolute atomic E-state index is 11.9. The van der Waals surface area contributed by atoms with Gasteiger partial charge in [0.1, 0.15) is 0 Å². The molecule has 1 rings (SSSR count). The van der Waals surface area contributed by atoms with Crippen LogP contribution in [0, 0.1) is 0 Å². The zero-order valence-electron chi connectivity index (χ0n) is 13.9. The van der Waals surface area contributed by atoms with Crippen molar-refractivity contribution >= 4 is 22.8 Å². The third-order valence-electron chi connectivity index (χ3n) is 2.35. The van der Waals surface area contributed by atoms with E-state index in [9.17, 15) is 13.2 Å². The lowest BCUT2D eigenvalue weighted by molar-refractivity contribution is -0.187. The minimum atomic E-state index is -3.82. The van der Waals surface area contributed by atoms with Crippen LogP contribution in [0.5, 0.6) is 0 Å². The second kappa shape index (κ2) is 9.66. The molecule has 0 bridgehead atoms. The van der Waals surface area contributed by atoms with E-state index in [-0.39, 0.29) is 6.54 Å². The van der Waals surface area contributed by atoms with Gasteiger partial charge in [-0.3, -0.25) is 9.63 Å².